The summed E-state index contributed by atoms with van der Waals surface area (Å²) in [6, 6.07) is 4.51. The second-order valence-corrected chi connectivity index (χ2v) is 13.0. The van der Waals surface area contributed by atoms with Crippen LogP contribution in [0.2, 0.25) is 0 Å². The van der Waals surface area contributed by atoms with Crippen LogP contribution < -0.4 is 4.74 Å². The van der Waals surface area contributed by atoms with Gasteiger partial charge in [0.1, 0.15) is 11.5 Å². The number of phenolic OH excluding ortho intramolecular Hbond substituents is 1. The summed E-state index contributed by atoms with van der Waals surface area (Å²) in [6.45, 7) is 0. The van der Waals surface area contributed by atoms with Crippen LogP contribution in [0.15, 0.2) is 17.1 Å². The molecule has 152 valence electrons. The molecule has 0 unspecified atom stereocenters. The molecule has 5 fully saturated rings. The zero-order valence-corrected chi connectivity index (χ0v) is 20.4. The van der Waals surface area contributed by atoms with Crippen LogP contribution >= 0.6 is 17.0 Å². The topological polar surface area (TPSA) is 41.8 Å². The van der Waals surface area contributed by atoms with Crippen LogP contribution in [0.4, 0.5) is 0 Å². The Kier molecular flexibility index (Phi) is 6.80. The predicted molar refractivity (Wildman–Crippen MR) is 111 cm³/mol. The van der Waals surface area contributed by atoms with E-state index in [-0.39, 0.29) is 5.41 Å². The molecule has 0 aromatic heterocycles. The zero-order valence-electron chi connectivity index (χ0n) is 16.5. The van der Waals surface area contributed by atoms with Gasteiger partial charge in [-0.05, 0) is 93.1 Å². The molecule has 5 saturated carbocycles. The van der Waals surface area contributed by atoms with Gasteiger partial charge in [-0.1, -0.05) is 0 Å². The molecule has 1 N–H and O–H groups in total. The van der Waals surface area contributed by atoms with Crippen molar-refractivity contribution in [1.82, 2.24) is 0 Å². The Morgan fingerprint density at radius 1 is 1.11 bits per heavy atom. The summed E-state index contributed by atoms with van der Waals surface area (Å²) in [5.74, 6) is 3.92. The zero-order chi connectivity index (χ0) is 19.7. The van der Waals surface area contributed by atoms with Crippen LogP contribution in [0.5, 0.6) is 11.5 Å². The van der Waals surface area contributed by atoms with Crippen molar-refractivity contribution >= 4 is 23.2 Å². The van der Waals surface area contributed by atoms with E-state index in [1.807, 2.05) is 12.3 Å². The number of phenols is 1. The van der Waals surface area contributed by atoms with Gasteiger partial charge in [-0.15, -0.1) is 0 Å². The van der Waals surface area contributed by atoms with E-state index in [0.29, 0.717) is 11.8 Å². The molecular weight excluding hydrogens is 472 g/mol. The van der Waals surface area contributed by atoms with Gasteiger partial charge in [0.05, 0.1) is 7.11 Å². The molecule has 0 aliphatic heterocycles. The summed E-state index contributed by atoms with van der Waals surface area (Å²) in [6.07, 6.45) is 13.5. The van der Waals surface area contributed by atoms with Gasteiger partial charge in [0.25, 0.3) is 0 Å². The molecular formula is C22H29Cl2NO2Zr. The van der Waals surface area contributed by atoms with Crippen LogP contribution in [0.25, 0.3) is 0 Å². The number of benzene rings is 1. The van der Waals surface area contributed by atoms with E-state index in [4.69, 9.17) is 21.8 Å². The molecule has 0 amide bonds. The SMILES string of the molecule is COc1cc(C=NC2CCC2)c(O)c(C23CC4CC(CC(C4)C2)C3)c1.[Cl][Zr][Cl]. The first kappa shape index (κ1) is 21.2. The van der Waals surface area contributed by atoms with Crippen molar-refractivity contribution in [2.24, 2.45) is 22.7 Å². The monoisotopic (exact) mass is 499 g/mol. The van der Waals surface area contributed by atoms with Crippen molar-refractivity contribution < 1.29 is 30.7 Å². The molecule has 0 atom stereocenters. The van der Waals surface area contributed by atoms with E-state index in [1.54, 1.807) is 7.11 Å². The maximum atomic E-state index is 11.1. The van der Waals surface area contributed by atoms with Gasteiger partial charge in [0.2, 0.25) is 0 Å². The number of nitrogens with zero attached hydrogens (tertiary/aromatic N) is 1. The van der Waals surface area contributed by atoms with Crippen LogP contribution in [-0.2, 0) is 26.3 Å². The normalized spacial score (nSPS) is 33.3. The van der Waals surface area contributed by atoms with Crippen LogP contribution in [-0.4, -0.2) is 24.5 Å². The van der Waals surface area contributed by atoms with Crippen LogP contribution in [0, 0.1) is 17.8 Å². The number of aromatic hydroxyl groups is 1. The molecule has 0 saturated heterocycles. The molecule has 0 radical (unpaired) electrons. The summed E-state index contributed by atoms with van der Waals surface area (Å²) in [5.41, 5.74) is 2.16. The molecule has 5 aliphatic carbocycles. The van der Waals surface area contributed by atoms with Crippen molar-refractivity contribution in [2.45, 2.75) is 69.2 Å². The van der Waals surface area contributed by atoms with E-state index >= 15 is 0 Å². The summed E-state index contributed by atoms with van der Waals surface area (Å²) in [5, 5.41) is 11.1. The molecule has 3 nitrogen and oxygen atoms in total. The van der Waals surface area contributed by atoms with Gasteiger partial charge in [-0.25, -0.2) is 0 Å². The minimum atomic E-state index is -0.826. The van der Waals surface area contributed by atoms with Gasteiger partial charge in [-0.2, -0.15) is 0 Å². The number of halogens is 2. The molecule has 5 aliphatic rings. The predicted octanol–water partition coefficient (Wildman–Crippen LogP) is 6.22. The Labute approximate surface area is 186 Å². The van der Waals surface area contributed by atoms with Gasteiger partial charge in [0.15, 0.2) is 0 Å². The Morgan fingerprint density at radius 2 is 1.68 bits per heavy atom. The van der Waals surface area contributed by atoms with Crippen LogP contribution in [0.3, 0.4) is 0 Å². The average Bonchev–Trinajstić information content (AvgIpc) is 2.61. The van der Waals surface area contributed by atoms with E-state index < -0.39 is 20.8 Å². The molecule has 6 heteroatoms. The second kappa shape index (κ2) is 8.98. The van der Waals surface area contributed by atoms with E-state index in [2.05, 4.69) is 11.1 Å². The minimum absolute atomic E-state index is 0.173. The van der Waals surface area contributed by atoms with Crippen LogP contribution in [0.1, 0.15) is 68.9 Å². The van der Waals surface area contributed by atoms with Gasteiger partial charge in [0, 0.05) is 23.4 Å². The number of hydrogen-bond acceptors (Lipinski definition) is 3. The van der Waals surface area contributed by atoms with Gasteiger partial charge >= 0.3 is 37.9 Å². The number of rotatable bonds is 4. The average molecular weight is 502 g/mol. The van der Waals surface area contributed by atoms with Crippen molar-refractivity contribution in [2.75, 3.05) is 7.11 Å². The molecule has 1 aromatic rings. The molecule has 28 heavy (non-hydrogen) atoms. The summed E-state index contributed by atoms with van der Waals surface area (Å²) >= 11 is -0.826. The fourth-order valence-corrected chi connectivity index (χ4v) is 6.41. The number of hydrogen-bond donors (Lipinski definition) is 1. The summed E-state index contributed by atoms with van der Waals surface area (Å²) in [4.78, 5) is 4.68. The first-order valence-corrected chi connectivity index (χ1v) is 16.8. The molecule has 6 rings (SSSR count). The molecule has 0 heterocycles. The Morgan fingerprint density at radius 3 is 2.14 bits per heavy atom. The third-order valence-electron chi connectivity index (χ3n) is 7.46. The van der Waals surface area contributed by atoms with E-state index in [9.17, 15) is 5.11 Å². The van der Waals surface area contributed by atoms with Crippen molar-refractivity contribution in [3.63, 3.8) is 0 Å². The quantitative estimate of drug-likeness (QED) is 0.498. The number of ether oxygens (including phenoxy) is 1. The van der Waals surface area contributed by atoms with Crippen molar-refractivity contribution in [3.8, 4) is 11.5 Å². The molecule has 0 spiro atoms. The number of aliphatic imine (C=N–C) groups is 1. The first-order valence-electron chi connectivity index (χ1n) is 10.5. The first-order chi connectivity index (χ1) is 13.6. The van der Waals surface area contributed by atoms with Crippen molar-refractivity contribution in [3.05, 3.63) is 23.3 Å². The Hall–Kier alpha value is -0.0469. The fraction of sp³-hybridized carbons (Fsp3) is 0.682. The Bertz CT molecular complexity index is 700. The van der Waals surface area contributed by atoms with Crippen molar-refractivity contribution in [1.29, 1.82) is 0 Å². The Balaban J connectivity index is 0.000000604. The maximum absolute atomic E-state index is 11.1. The summed E-state index contributed by atoms with van der Waals surface area (Å²) < 4.78 is 5.59. The van der Waals surface area contributed by atoms with E-state index in [1.165, 1.54) is 57.8 Å². The summed E-state index contributed by atoms with van der Waals surface area (Å²) in [7, 11) is 11.6. The molecule has 4 bridgehead atoms. The van der Waals surface area contributed by atoms with E-state index in [0.717, 1.165) is 34.6 Å². The van der Waals surface area contributed by atoms with Gasteiger partial charge in [-0.3, -0.25) is 4.99 Å². The standard InChI is InChI=1S/C22H29NO2.2ClH.Zr/c1-25-19-8-17(13-23-18-3-2-4-18)21(24)20(9-19)22-10-14-5-15(11-22)7-16(6-14)12-22;;;/h8-9,13-16,18,24H,2-7,10-12H2,1H3;2*1H;/q;;;+2/p-2. The third-order valence-corrected chi connectivity index (χ3v) is 7.46. The third kappa shape index (κ3) is 4.21. The fourth-order valence-electron chi connectivity index (χ4n) is 6.41. The molecule has 1 aromatic carbocycles. The van der Waals surface area contributed by atoms with Gasteiger partial charge < -0.3 is 9.84 Å². The number of methoxy groups -OCH3 is 1. The second-order valence-electron chi connectivity index (χ2n) is 9.25.